The number of carbonyl (C=O) groups excluding carboxylic acids is 1. The molecule has 2 aliphatic heterocycles. The molecule has 0 saturated carbocycles. The summed E-state index contributed by atoms with van der Waals surface area (Å²) in [4.78, 5) is 14.9. The Morgan fingerprint density at radius 3 is 3.45 bits per heavy atom. The zero-order chi connectivity index (χ0) is 7.68. The van der Waals surface area contributed by atoms with Crippen molar-refractivity contribution in [3.8, 4) is 0 Å². The predicted octanol–water partition coefficient (Wildman–Crippen LogP) is -0.116. The lowest BCUT2D eigenvalue weighted by Crippen LogP contribution is -2.48. The summed E-state index contributed by atoms with van der Waals surface area (Å²) in [6.07, 6.45) is 3.59. The molecule has 2 aliphatic rings. The minimum atomic E-state index is -0.109. The molecule has 1 fully saturated rings. The van der Waals surface area contributed by atoms with E-state index in [2.05, 4.69) is 15.6 Å². The van der Waals surface area contributed by atoms with Crippen LogP contribution in [0, 0.1) is 5.92 Å². The van der Waals surface area contributed by atoms with E-state index in [0.29, 0.717) is 12.5 Å². The Labute approximate surface area is 64.4 Å². The number of dihydropyridines is 1. The molecular formula is C7H9N3O. The normalized spacial score (nSPS) is 28.2. The molecular weight excluding hydrogens is 142 g/mol. The molecule has 0 aromatic heterocycles. The number of amides is 2. The Morgan fingerprint density at radius 2 is 2.55 bits per heavy atom. The predicted molar refractivity (Wildman–Crippen MR) is 41.5 cm³/mol. The second-order valence-electron chi connectivity index (χ2n) is 2.67. The molecule has 11 heavy (non-hydrogen) atoms. The molecule has 0 radical (unpaired) electrons. The first-order chi connectivity index (χ1) is 5.36. The number of hydrogen-bond donors (Lipinski definition) is 2. The van der Waals surface area contributed by atoms with Crippen molar-refractivity contribution < 1.29 is 4.79 Å². The van der Waals surface area contributed by atoms with Crippen LogP contribution < -0.4 is 10.6 Å². The standard InChI is InChI=1S/C7H9N3O/c11-7-9-4-5-3-8-2-1-6(5)10-7/h1-2,5H,3-4H2,(H2,9,10,11). The summed E-state index contributed by atoms with van der Waals surface area (Å²) in [7, 11) is 0. The Balaban J connectivity index is 2.18. The average Bonchev–Trinajstić information content (AvgIpc) is 2.04. The van der Waals surface area contributed by atoms with Crippen molar-refractivity contribution >= 4 is 12.2 Å². The van der Waals surface area contributed by atoms with E-state index in [0.717, 1.165) is 12.2 Å². The highest BCUT2D eigenvalue weighted by Gasteiger charge is 2.22. The highest BCUT2D eigenvalue weighted by Crippen LogP contribution is 2.13. The lowest BCUT2D eigenvalue weighted by molar-refractivity contribution is 0.236. The molecule has 0 aromatic carbocycles. The zero-order valence-corrected chi connectivity index (χ0v) is 6.00. The third kappa shape index (κ3) is 1.11. The molecule has 4 nitrogen and oxygen atoms in total. The van der Waals surface area contributed by atoms with Gasteiger partial charge in [0, 0.05) is 30.9 Å². The summed E-state index contributed by atoms with van der Waals surface area (Å²) in [6, 6.07) is -0.109. The first kappa shape index (κ1) is 6.39. The fourth-order valence-corrected chi connectivity index (χ4v) is 1.26. The van der Waals surface area contributed by atoms with E-state index in [4.69, 9.17) is 0 Å². The number of hydrogen-bond acceptors (Lipinski definition) is 2. The number of nitrogens with zero attached hydrogens (tertiary/aromatic N) is 1. The van der Waals surface area contributed by atoms with E-state index < -0.39 is 0 Å². The minimum Gasteiger partial charge on any atom is -0.337 e. The second-order valence-corrected chi connectivity index (χ2v) is 2.67. The number of fused-ring (bicyclic) bond motifs is 1. The molecule has 2 heterocycles. The van der Waals surface area contributed by atoms with Gasteiger partial charge in [0.1, 0.15) is 0 Å². The lowest BCUT2D eigenvalue weighted by Gasteiger charge is -2.26. The number of aliphatic imine (C=N–C) groups is 1. The molecule has 0 aromatic rings. The van der Waals surface area contributed by atoms with E-state index in [1.807, 2.05) is 6.08 Å². The van der Waals surface area contributed by atoms with Crippen molar-refractivity contribution in [1.29, 1.82) is 0 Å². The summed E-state index contributed by atoms with van der Waals surface area (Å²) in [5.41, 5.74) is 0.990. The van der Waals surface area contributed by atoms with Crippen molar-refractivity contribution in [2.24, 2.45) is 10.9 Å². The smallest absolute Gasteiger partial charge is 0.319 e. The average molecular weight is 151 g/mol. The van der Waals surface area contributed by atoms with Gasteiger partial charge in [0.25, 0.3) is 0 Å². The van der Waals surface area contributed by atoms with Crippen molar-refractivity contribution in [2.45, 2.75) is 0 Å². The number of carbonyl (C=O) groups is 1. The van der Waals surface area contributed by atoms with E-state index in [-0.39, 0.29) is 6.03 Å². The molecule has 2 rings (SSSR count). The molecule has 1 atom stereocenters. The number of allylic oxidation sites excluding steroid dienone is 1. The van der Waals surface area contributed by atoms with Crippen LogP contribution in [0.25, 0.3) is 0 Å². The topological polar surface area (TPSA) is 53.5 Å². The van der Waals surface area contributed by atoms with Crippen LogP contribution in [0.3, 0.4) is 0 Å². The first-order valence-corrected chi connectivity index (χ1v) is 3.61. The number of urea groups is 1. The fraction of sp³-hybridized carbons (Fsp3) is 0.429. The Hall–Kier alpha value is -1.32. The molecule has 0 aliphatic carbocycles. The van der Waals surface area contributed by atoms with Crippen molar-refractivity contribution in [3.05, 3.63) is 11.8 Å². The van der Waals surface area contributed by atoms with Crippen LogP contribution in [0.1, 0.15) is 0 Å². The van der Waals surface area contributed by atoms with E-state index in [9.17, 15) is 4.79 Å². The molecule has 1 unspecified atom stereocenters. The van der Waals surface area contributed by atoms with Crippen LogP contribution in [0.2, 0.25) is 0 Å². The van der Waals surface area contributed by atoms with Crippen LogP contribution in [0.15, 0.2) is 16.8 Å². The van der Waals surface area contributed by atoms with Gasteiger partial charge < -0.3 is 10.6 Å². The lowest BCUT2D eigenvalue weighted by atomic mass is 10.0. The third-order valence-corrected chi connectivity index (χ3v) is 1.89. The van der Waals surface area contributed by atoms with Gasteiger partial charge in [-0.25, -0.2) is 4.79 Å². The molecule has 0 spiro atoms. The van der Waals surface area contributed by atoms with Crippen molar-refractivity contribution in [1.82, 2.24) is 10.6 Å². The summed E-state index contributed by atoms with van der Waals surface area (Å²) < 4.78 is 0. The van der Waals surface area contributed by atoms with Crippen LogP contribution in [0.4, 0.5) is 4.79 Å². The van der Waals surface area contributed by atoms with Gasteiger partial charge in [0.2, 0.25) is 0 Å². The summed E-state index contributed by atoms with van der Waals surface area (Å²) >= 11 is 0. The maximum Gasteiger partial charge on any atom is 0.319 e. The Bertz CT molecular complexity index is 244. The summed E-state index contributed by atoms with van der Waals surface area (Å²) in [6.45, 7) is 1.48. The van der Waals surface area contributed by atoms with Gasteiger partial charge in [0.15, 0.2) is 0 Å². The first-order valence-electron chi connectivity index (χ1n) is 3.61. The number of nitrogens with one attached hydrogen (secondary N) is 2. The maximum atomic E-state index is 10.8. The largest absolute Gasteiger partial charge is 0.337 e. The molecule has 58 valence electrons. The van der Waals surface area contributed by atoms with Crippen LogP contribution in [-0.4, -0.2) is 25.3 Å². The SMILES string of the molecule is O=C1NCC2CN=CC=C2N1. The Morgan fingerprint density at radius 1 is 1.64 bits per heavy atom. The van der Waals surface area contributed by atoms with Crippen molar-refractivity contribution in [3.63, 3.8) is 0 Å². The van der Waals surface area contributed by atoms with Crippen LogP contribution in [0.5, 0.6) is 0 Å². The van der Waals surface area contributed by atoms with Gasteiger partial charge in [-0.05, 0) is 6.08 Å². The molecule has 4 heteroatoms. The Kier molecular flexibility index (Phi) is 1.38. The summed E-state index contributed by atoms with van der Waals surface area (Å²) in [5.74, 6) is 0.359. The molecule has 2 amide bonds. The molecule has 0 bridgehead atoms. The quantitative estimate of drug-likeness (QED) is 0.498. The highest BCUT2D eigenvalue weighted by atomic mass is 16.2. The maximum absolute atomic E-state index is 10.8. The second kappa shape index (κ2) is 2.38. The zero-order valence-electron chi connectivity index (χ0n) is 6.00. The van der Waals surface area contributed by atoms with Crippen LogP contribution in [-0.2, 0) is 0 Å². The van der Waals surface area contributed by atoms with Gasteiger partial charge in [-0.2, -0.15) is 0 Å². The highest BCUT2D eigenvalue weighted by molar-refractivity contribution is 5.81. The van der Waals surface area contributed by atoms with E-state index in [1.165, 1.54) is 0 Å². The van der Waals surface area contributed by atoms with Gasteiger partial charge in [-0.15, -0.1) is 0 Å². The number of rotatable bonds is 0. The van der Waals surface area contributed by atoms with Gasteiger partial charge in [0.05, 0.1) is 0 Å². The van der Waals surface area contributed by atoms with Gasteiger partial charge >= 0.3 is 6.03 Å². The third-order valence-electron chi connectivity index (χ3n) is 1.89. The van der Waals surface area contributed by atoms with Gasteiger partial charge in [-0.3, -0.25) is 4.99 Å². The van der Waals surface area contributed by atoms with Gasteiger partial charge in [-0.1, -0.05) is 0 Å². The van der Waals surface area contributed by atoms with E-state index >= 15 is 0 Å². The molecule has 2 N–H and O–H groups in total. The minimum absolute atomic E-state index is 0.109. The fourth-order valence-electron chi connectivity index (χ4n) is 1.26. The molecule has 1 saturated heterocycles. The summed E-state index contributed by atoms with van der Waals surface area (Å²) in [5, 5.41) is 5.45. The van der Waals surface area contributed by atoms with E-state index in [1.54, 1.807) is 6.21 Å². The van der Waals surface area contributed by atoms with Crippen LogP contribution >= 0.6 is 0 Å². The monoisotopic (exact) mass is 151 g/mol. The van der Waals surface area contributed by atoms with Crippen molar-refractivity contribution in [2.75, 3.05) is 13.1 Å².